The van der Waals surface area contributed by atoms with Gasteiger partial charge in [-0.05, 0) is 16.7 Å². The largest absolute Gasteiger partial charge is 0.452 e. The Bertz CT molecular complexity index is 1100. The number of ketones is 1. The number of carbonyl (C=O) groups excluding carboxylic acids is 2. The Morgan fingerprint density at radius 1 is 0.667 bits per heavy atom. The van der Waals surface area contributed by atoms with E-state index in [1.165, 1.54) is 6.92 Å². The fourth-order valence-corrected chi connectivity index (χ4v) is 4.18. The molecule has 1 saturated carbocycles. The van der Waals surface area contributed by atoms with Crippen LogP contribution in [0, 0.1) is 0 Å². The summed E-state index contributed by atoms with van der Waals surface area (Å²) >= 11 is 0. The van der Waals surface area contributed by atoms with Gasteiger partial charge in [0, 0.05) is 6.92 Å². The summed E-state index contributed by atoms with van der Waals surface area (Å²) in [6.07, 6.45) is -5.91. The number of hydrogen-bond acceptors (Lipinski definition) is 7. The van der Waals surface area contributed by atoms with Crippen LogP contribution in [0.4, 0.5) is 0 Å². The lowest BCUT2D eigenvalue weighted by Gasteiger charge is -2.42. The van der Waals surface area contributed by atoms with E-state index in [2.05, 4.69) is 0 Å². The highest BCUT2D eigenvalue weighted by atomic mass is 16.6. The van der Waals surface area contributed by atoms with Gasteiger partial charge in [0.1, 0.15) is 24.4 Å². The Balaban J connectivity index is 1.61. The quantitative estimate of drug-likeness (QED) is 0.434. The summed E-state index contributed by atoms with van der Waals surface area (Å²) in [6, 6.07) is 28.4. The van der Waals surface area contributed by atoms with Gasteiger partial charge in [0.25, 0.3) is 0 Å². The Kier molecular flexibility index (Phi) is 8.97. The maximum absolute atomic E-state index is 13.4. The number of benzene rings is 3. The van der Waals surface area contributed by atoms with Crippen LogP contribution in [0.2, 0.25) is 0 Å². The zero-order valence-corrected chi connectivity index (χ0v) is 20.1. The molecule has 1 N–H and O–H groups in total. The minimum atomic E-state index is -1.43. The molecule has 36 heavy (non-hydrogen) atoms. The first-order chi connectivity index (χ1) is 17.5. The van der Waals surface area contributed by atoms with Crippen molar-refractivity contribution in [2.75, 3.05) is 0 Å². The fourth-order valence-electron chi connectivity index (χ4n) is 4.18. The summed E-state index contributed by atoms with van der Waals surface area (Å²) in [4.78, 5) is 25.2. The monoisotopic (exact) mass is 490 g/mol. The molecule has 0 amide bonds. The molecule has 0 radical (unpaired) electrons. The molecule has 3 aromatic rings. The van der Waals surface area contributed by atoms with Gasteiger partial charge in [-0.15, -0.1) is 0 Å². The Hall–Kier alpha value is -3.36. The molecule has 0 aromatic heterocycles. The van der Waals surface area contributed by atoms with E-state index in [0.717, 1.165) is 16.7 Å². The predicted octanol–water partition coefficient (Wildman–Crippen LogP) is 3.62. The average Bonchev–Trinajstić information content (AvgIpc) is 2.90. The SMILES string of the molecule is CC(=O)O[C@@H]1C(=O)[C@@H](OCc2ccccc2)[C@H](OCc2ccccc2)[C@@H](OCc2ccccc2)[C@@H]1O. The summed E-state index contributed by atoms with van der Waals surface area (Å²) in [6.45, 7) is 1.68. The van der Waals surface area contributed by atoms with Crippen LogP contribution in [-0.2, 0) is 48.4 Å². The van der Waals surface area contributed by atoms with Crippen molar-refractivity contribution in [3.8, 4) is 0 Å². The second-order valence-corrected chi connectivity index (χ2v) is 8.66. The first kappa shape index (κ1) is 25.7. The second kappa shape index (κ2) is 12.6. The first-order valence-corrected chi connectivity index (χ1v) is 11.9. The van der Waals surface area contributed by atoms with Crippen LogP contribution in [-0.4, -0.2) is 47.4 Å². The molecule has 1 aliphatic carbocycles. The molecular weight excluding hydrogens is 460 g/mol. The van der Waals surface area contributed by atoms with Crippen molar-refractivity contribution in [2.45, 2.75) is 57.3 Å². The van der Waals surface area contributed by atoms with Gasteiger partial charge in [0.05, 0.1) is 19.8 Å². The number of aliphatic hydroxyl groups excluding tert-OH is 1. The van der Waals surface area contributed by atoms with E-state index in [1.807, 2.05) is 91.0 Å². The summed E-state index contributed by atoms with van der Waals surface area (Å²) < 4.78 is 23.6. The predicted molar refractivity (Wildman–Crippen MR) is 132 cm³/mol. The van der Waals surface area contributed by atoms with Gasteiger partial charge in [-0.3, -0.25) is 9.59 Å². The van der Waals surface area contributed by atoms with Gasteiger partial charge in [0.2, 0.25) is 5.78 Å². The van der Waals surface area contributed by atoms with Crippen LogP contribution in [0.15, 0.2) is 91.0 Å². The van der Waals surface area contributed by atoms with Gasteiger partial charge < -0.3 is 24.1 Å². The van der Waals surface area contributed by atoms with Gasteiger partial charge in [0.15, 0.2) is 6.10 Å². The standard InChI is InChI=1S/C29H30O7/c1-20(30)36-26-24(31)27(33-17-21-11-5-2-6-12-21)29(35-19-23-15-9-4-10-16-23)28(25(26)32)34-18-22-13-7-3-8-14-22/h2-16,24,26-29,31H,17-19H2,1H3/t24-,26+,27+,28-,29-/m1/s1. The molecule has 1 aliphatic rings. The van der Waals surface area contributed by atoms with E-state index in [0.29, 0.717) is 0 Å². The Labute approximate surface area is 210 Å². The number of aliphatic hydroxyl groups is 1. The molecule has 0 spiro atoms. The topological polar surface area (TPSA) is 91.3 Å². The maximum Gasteiger partial charge on any atom is 0.303 e. The number of Topliss-reactive ketones (excluding diaryl/α,β-unsaturated/α-hetero) is 1. The van der Waals surface area contributed by atoms with Crippen LogP contribution in [0.1, 0.15) is 23.6 Å². The summed E-state index contributed by atoms with van der Waals surface area (Å²) in [5, 5.41) is 11.1. The molecule has 0 aliphatic heterocycles. The summed E-state index contributed by atoms with van der Waals surface area (Å²) in [5.74, 6) is -1.24. The third-order valence-corrected chi connectivity index (χ3v) is 5.97. The number of carbonyl (C=O) groups is 2. The molecule has 1 fully saturated rings. The zero-order chi connectivity index (χ0) is 25.3. The number of ether oxygens (including phenoxy) is 4. The smallest absolute Gasteiger partial charge is 0.303 e. The van der Waals surface area contributed by atoms with E-state index < -0.39 is 42.3 Å². The van der Waals surface area contributed by atoms with Crippen molar-refractivity contribution >= 4 is 11.8 Å². The van der Waals surface area contributed by atoms with Crippen LogP contribution >= 0.6 is 0 Å². The molecule has 0 saturated heterocycles. The highest BCUT2D eigenvalue weighted by Crippen LogP contribution is 2.30. The number of rotatable bonds is 10. The van der Waals surface area contributed by atoms with Crippen LogP contribution in [0.5, 0.6) is 0 Å². The molecule has 5 atom stereocenters. The van der Waals surface area contributed by atoms with Crippen molar-refractivity contribution in [1.29, 1.82) is 0 Å². The van der Waals surface area contributed by atoms with Crippen molar-refractivity contribution < 1.29 is 33.6 Å². The molecule has 188 valence electrons. The molecule has 3 aromatic carbocycles. The van der Waals surface area contributed by atoms with Gasteiger partial charge >= 0.3 is 5.97 Å². The zero-order valence-electron chi connectivity index (χ0n) is 20.1. The highest BCUT2D eigenvalue weighted by molar-refractivity contribution is 5.91. The minimum Gasteiger partial charge on any atom is -0.452 e. The van der Waals surface area contributed by atoms with Crippen LogP contribution in [0.3, 0.4) is 0 Å². The Morgan fingerprint density at radius 2 is 1.08 bits per heavy atom. The third-order valence-electron chi connectivity index (χ3n) is 5.97. The lowest BCUT2D eigenvalue weighted by Crippen LogP contribution is -2.64. The van der Waals surface area contributed by atoms with Crippen LogP contribution in [0.25, 0.3) is 0 Å². The number of esters is 1. The van der Waals surface area contributed by atoms with Crippen LogP contribution < -0.4 is 0 Å². The molecule has 0 heterocycles. The summed E-state index contributed by atoms with van der Waals surface area (Å²) in [7, 11) is 0. The molecule has 7 heteroatoms. The molecule has 0 bridgehead atoms. The maximum atomic E-state index is 13.4. The molecule has 4 rings (SSSR count). The molecule has 0 unspecified atom stereocenters. The fraction of sp³-hybridized carbons (Fsp3) is 0.310. The van der Waals surface area contributed by atoms with E-state index in [1.54, 1.807) is 0 Å². The number of hydrogen-bond donors (Lipinski definition) is 1. The van der Waals surface area contributed by atoms with E-state index in [9.17, 15) is 14.7 Å². The minimum absolute atomic E-state index is 0.136. The van der Waals surface area contributed by atoms with E-state index in [-0.39, 0.29) is 19.8 Å². The van der Waals surface area contributed by atoms with E-state index in [4.69, 9.17) is 18.9 Å². The van der Waals surface area contributed by atoms with Gasteiger partial charge in [-0.1, -0.05) is 91.0 Å². The lowest BCUT2D eigenvalue weighted by atomic mass is 9.85. The highest BCUT2D eigenvalue weighted by Gasteiger charge is 2.53. The van der Waals surface area contributed by atoms with Gasteiger partial charge in [-0.2, -0.15) is 0 Å². The van der Waals surface area contributed by atoms with Gasteiger partial charge in [-0.25, -0.2) is 0 Å². The van der Waals surface area contributed by atoms with E-state index >= 15 is 0 Å². The lowest BCUT2D eigenvalue weighted by molar-refractivity contribution is -0.225. The molecule has 7 nitrogen and oxygen atoms in total. The van der Waals surface area contributed by atoms with Crippen molar-refractivity contribution in [1.82, 2.24) is 0 Å². The Morgan fingerprint density at radius 3 is 1.53 bits per heavy atom. The normalized spacial score (nSPS) is 23.8. The first-order valence-electron chi connectivity index (χ1n) is 11.9. The molecular formula is C29H30O7. The second-order valence-electron chi connectivity index (χ2n) is 8.66. The van der Waals surface area contributed by atoms with Crippen molar-refractivity contribution in [3.05, 3.63) is 108 Å². The van der Waals surface area contributed by atoms with Crippen molar-refractivity contribution in [2.24, 2.45) is 0 Å². The summed E-state index contributed by atoms with van der Waals surface area (Å²) in [5.41, 5.74) is 2.64. The third kappa shape index (κ3) is 6.65. The average molecular weight is 491 g/mol. The van der Waals surface area contributed by atoms with Crippen molar-refractivity contribution in [3.63, 3.8) is 0 Å².